The van der Waals surface area contributed by atoms with Crippen molar-refractivity contribution < 1.29 is 0 Å². The van der Waals surface area contributed by atoms with Crippen LogP contribution in [0.3, 0.4) is 0 Å². The monoisotopic (exact) mass is 251 g/mol. The molecule has 3 nitrogen and oxygen atoms in total. The highest BCUT2D eigenvalue weighted by Crippen LogP contribution is 2.18. The average molecular weight is 251 g/mol. The van der Waals surface area contributed by atoms with Gasteiger partial charge in [-0.25, -0.2) is 0 Å². The summed E-state index contributed by atoms with van der Waals surface area (Å²) in [5.74, 6) is 0. The van der Waals surface area contributed by atoms with Crippen molar-refractivity contribution >= 4 is 11.4 Å². The van der Waals surface area contributed by atoms with Crippen molar-refractivity contribution in [1.29, 1.82) is 5.26 Å². The van der Waals surface area contributed by atoms with Gasteiger partial charge >= 0.3 is 0 Å². The van der Waals surface area contributed by atoms with Gasteiger partial charge in [0.2, 0.25) is 0 Å². The molecule has 0 spiro atoms. The molecule has 2 aromatic rings. The second kappa shape index (κ2) is 5.92. The molecule has 0 heterocycles. The van der Waals surface area contributed by atoms with E-state index in [1.807, 2.05) is 18.2 Å². The van der Waals surface area contributed by atoms with Crippen molar-refractivity contribution in [3.05, 3.63) is 59.2 Å². The molecule has 3 heteroatoms. The third-order valence-corrected chi connectivity index (χ3v) is 3.14. The number of nitrogens with one attached hydrogen (secondary N) is 1. The molecule has 19 heavy (non-hydrogen) atoms. The number of aryl methyl sites for hydroxylation is 1. The van der Waals surface area contributed by atoms with Crippen LogP contribution in [-0.4, -0.2) is 6.54 Å². The Labute approximate surface area is 113 Å². The summed E-state index contributed by atoms with van der Waals surface area (Å²) in [6.07, 6.45) is 0.932. The van der Waals surface area contributed by atoms with Crippen LogP contribution in [0.1, 0.15) is 16.7 Å². The number of benzene rings is 2. The number of nitrogen functional groups attached to an aromatic ring is 1. The van der Waals surface area contributed by atoms with Crippen molar-refractivity contribution in [1.82, 2.24) is 0 Å². The predicted octanol–water partition coefficient (Wildman–Crippen LogP) is 3.10. The Morgan fingerprint density at radius 2 is 2.00 bits per heavy atom. The van der Waals surface area contributed by atoms with Gasteiger partial charge in [-0.15, -0.1) is 0 Å². The number of rotatable bonds is 4. The van der Waals surface area contributed by atoms with E-state index in [4.69, 9.17) is 11.0 Å². The molecular weight excluding hydrogens is 234 g/mol. The lowest BCUT2D eigenvalue weighted by Gasteiger charge is -2.10. The van der Waals surface area contributed by atoms with Crippen LogP contribution in [0.2, 0.25) is 0 Å². The fourth-order valence-electron chi connectivity index (χ4n) is 2.03. The van der Waals surface area contributed by atoms with E-state index in [1.165, 1.54) is 11.1 Å². The third kappa shape index (κ3) is 3.26. The highest BCUT2D eigenvalue weighted by Gasteiger charge is 2.02. The number of hydrogen-bond donors (Lipinski definition) is 2. The maximum absolute atomic E-state index is 9.06. The molecule has 0 bridgehead atoms. The van der Waals surface area contributed by atoms with E-state index in [2.05, 4.69) is 30.4 Å². The van der Waals surface area contributed by atoms with Crippen molar-refractivity contribution in [2.24, 2.45) is 0 Å². The van der Waals surface area contributed by atoms with Gasteiger partial charge in [-0.3, -0.25) is 0 Å². The van der Waals surface area contributed by atoms with Gasteiger partial charge in [0.1, 0.15) is 6.07 Å². The highest BCUT2D eigenvalue weighted by atomic mass is 14.9. The minimum absolute atomic E-state index is 0.588. The third-order valence-electron chi connectivity index (χ3n) is 3.14. The van der Waals surface area contributed by atoms with Gasteiger partial charge in [-0.05, 0) is 42.7 Å². The molecule has 3 N–H and O–H groups in total. The first-order valence-electron chi connectivity index (χ1n) is 6.28. The average Bonchev–Trinajstić information content (AvgIpc) is 2.42. The van der Waals surface area contributed by atoms with Crippen LogP contribution in [-0.2, 0) is 6.42 Å². The Balaban J connectivity index is 2.01. The molecule has 2 aromatic carbocycles. The zero-order valence-corrected chi connectivity index (χ0v) is 11.0. The minimum Gasteiger partial charge on any atom is -0.399 e. The van der Waals surface area contributed by atoms with Gasteiger partial charge in [-0.2, -0.15) is 5.26 Å². The molecule has 0 aliphatic carbocycles. The maximum Gasteiger partial charge on any atom is 0.101 e. The van der Waals surface area contributed by atoms with Crippen molar-refractivity contribution in [2.45, 2.75) is 13.3 Å². The van der Waals surface area contributed by atoms with E-state index < -0.39 is 0 Å². The number of nitrogens with zero attached hydrogens (tertiary/aromatic N) is 1. The minimum atomic E-state index is 0.588. The van der Waals surface area contributed by atoms with E-state index in [-0.39, 0.29) is 0 Å². The Morgan fingerprint density at radius 3 is 2.74 bits per heavy atom. The van der Waals surface area contributed by atoms with Crippen LogP contribution in [0.4, 0.5) is 11.4 Å². The van der Waals surface area contributed by atoms with Crippen LogP contribution in [0.15, 0.2) is 42.5 Å². The van der Waals surface area contributed by atoms with Crippen molar-refractivity contribution in [3.8, 4) is 6.07 Å². The molecule has 0 unspecified atom stereocenters. The van der Waals surface area contributed by atoms with Gasteiger partial charge < -0.3 is 11.1 Å². The largest absolute Gasteiger partial charge is 0.399 e. The van der Waals surface area contributed by atoms with E-state index >= 15 is 0 Å². The van der Waals surface area contributed by atoms with Crippen LogP contribution in [0, 0.1) is 18.3 Å². The molecule has 0 aromatic heterocycles. The van der Waals surface area contributed by atoms with E-state index in [0.29, 0.717) is 11.3 Å². The smallest absolute Gasteiger partial charge is 0.101 e. The summed E-state index contributed by atoms with van der Waals surface area (Å²) in [5.41, 5.74) is 10.3. The first-order valence-corrected chi connectivity index (χ1v) is 6.28. The second-order valence-corrected chi connectivity index (χ2v) is 4.52. The lowest BCUT2D eigenvalue weighted by atomic mass is 10.1. The number of nitriles is 1. The number of hydrogen-bond acceptors (Lipinski definition) is 3. The molecule has 0 aliphatic rings. The molecule has 0 saturated carbocycles. The molecular formula is C16H17N3. The second-order valence-electron chi connectivity index (χ2n) is 4.52. The molecule has 0 amide bonds. The van der Waals surface area contributed by atoms with Gasteiger partial charge in [0.05, 0.1) is 11.3 Å². The Morgan fingerprint density at radius 1 is 1.21 bits per heavy atom. The molecule has 0 radical (unpaired) electrons. The quantitative estimate of drug-likeness (QED) is 0.821. The van der Waals surface area contributed by atoms with Gasteiger partial charge in [0.15, 0.2) is 0 Å². The molecule has 0 saturated heterocycles. The summed E-state index contributed by atoms with van der Waals surface area (Å²) >= 11 is 0. The first kappa shape index (κ1) is 13.0. The molecule has 0 atom stereocenters. The Bertz CT molecular complexity index is 612. The van der Waals surface area contributed by atoms with Gasteiger partial charge in [-0.1, -0.05) is 24.3 Å². The summed E-state index contributed by atoms with van der Waals surface area (Å²) in [4.78, 5) is 0. The zero-order valence-electron chi connectivity index (χ0n) is 11.0. The Kier molecular flexibility index (Phi) is 4.04. The molecule has 0 aliphatic heterocycles. The van der Waals surface area contributed by atoms with Crippen LogP contribution in [0.25, 0.3) is 0 Å². The molecule has 2 rings (SSSR count). The topological polar surface area (TPSA) is 61.8 Å². The normalized spacial score (nSPS) is 9.89. The zero-order chi connectivity index (χ0) is 13.7. The first-order chi connectivity index (χ1) is 9.20. The predicted molar refractivity (Wildman–Crippen MR) is 78.9 cm³/mol. The lowest BCUT2D eigenvalue weighted by Crippen LogP contribution is -2.07. The summed E-state index contributed by atoms with van der Waals surface area (Å²) in [6.45, 7) is 2.91. The fraction of sp³-hybridized carbons (Fsp3) is 0.188. The fourth-order valence-corrected chi connectivity index (χ4v) is 2.03. The number of anilines is 2. The maximum atomic E-state index is 9.06. The summed E-state index contributed by atoms with van der Waals surface area (Å²) < 4.78 is 0. The Hall–Kier alpha value is -2.47. The van der Waals surface area contributed by atoms with E-state index in [0.717, 1.165) is 18.7 Å². The van der Waals surface area contributed by atoms with E-state index in [9.17, 15) is 0 Å². The highest BCUT2D eigenvalue weighted by molar-refractivity contribution is 5.62. The SMILES string of the molecule is Cc1ccccc1CCNc1ccc(N)cc1C#N. The standard InChI is InChI=1S/C16H17N3/c1-12-4-2-3-5-13(12)8-9-19-16-7-6-15(18)10-14(16)11-17/h2-7,10,19H,8-9,18H2,1H3. The van der Waals surface area contributed by atoms with Gasteiger partial charge in [0, 0.05) is 12.2 Å². The molecule has 96 valence electrons. The van der Waals surface area contributed by atoms with E-state index in [1.54, 1.807) is 12.1 Å². The summed E-state index contributed by atoms with van der Waals surface area (Å²) in [5, 5.41) is 12.3. The lowest BCUT2D eigenvalue weighted by molar-refractivity contribution is 1.00. The van der Waals surface area contributed by atoms with Crippen LogP contribution in [0.5, 0.6) is 0 Å². The molecule has 0 fully saturated rings. The van der Waals surface area contributed by atoms with Crippen LogP contribution >= 0.6 is 0 Å². The number of nitrogens with two attached hydrogens (primary N) is 1. The summed E-state index contributed by atoms with van der Waals surface area (Å²) in [7, 11) is 0. The van der Waals surface area contributed by atoms with Crippen molar-refractivity contribution in [2.75, 3.05) is 17.6 Å². The summed E-state index contributed by atoms with van der Waals surface area (Å²) in [6, 6.07) is 15.8. The van der Waals surface area contributed by atoms with Gasteiger partial charge in [0.25, 0.3) is 0 Å². The van der Waals surface area contributed by atoms with Crippen molar-refractivity contribution in [3.63, 3.8) is 0 Å². The van der Waals surface area contributed by atoms with Crippen LogP contribution < -0.4 is 11.1 Å².